The van der Waals surface area contributed by atoms with Crippen LogP contribution in [0.25, 0.3) is 0 Å². The average molecular weight is 356 g/mol. The summed E-state index contributed by atoms with van der Waals surface area (Å²) in [6.07, 6.45) is 3.23. The summed E-state index contributed by atoms with van der Waals surface area (Å²) in [5.74, 6) is -1.57. The highest BCUT2D eigenvalue weighted by molar-refractivity contribution is 5.95. The molecule has 1 aromatic carbocycles. The predicted octanol–water partition coefficient (Wildman–Crippen LogP) is 2.83. The van der Waals surface area contributed by atoms with Crippen LogP contribution in [-0.2, 0) is 14.3 Å². The molecular weight excluding hydrogens is 336 g/mol. The second kappa shape index (κ2) is 9.93. The highest BCUT2D eigenvalue weighted by Crippen LogP contribution is 2.11. The van der Waals surface area contributed by atoms with Crippen LogP contribution in [0.4, 0.5) is 5.69 Å². The second-order valence-corrected chi connectivity index (χ2v) is 5.41. The van der Waals surface area contributed by atoms with Crippen molar-refractivity contribution in [2.75, 3.05) is 18.5 Å². The number of aromatic nitrogens is 1. The third kappa shape index (κ3) is 6.01. The number of nitrogens with one attached hydrogen (secondary N) is 1. The molecule has 0 radical (unpaired) electrons. The van der Waals surface area contributed by atoms with Crippen LogP contribution < -0.4 is 5.32 Å². The molecule has 7 nitrogen and oxygen atoms in total. The Bertz CT molecular complexity index is 744. The molecule has 0 unspecified atom stereocenters. The Hall–Kier alpha value is -3.22. The van der Waals surface area contributed by atoms with Crippen molar-refractivity contribution in [3.05, 3.63) is 59.9 Å². The first-order chi connectivity index (χ1) is 12.6. The summed E-state index contributed by atoms with van der Waals surface area (Å²) in [5.41, 5.74) is 1.01. The first-order valence-corrected chi connectivity index (χ1v) is 8.25. The van der Waals surface area contributed by atoms with E-state index in [1.54, 1.807) is 36.4 Å². The van der Waals surface area contributed by atoms with Crippen LogP contribution in [0.2, 0.25) is 0 Å². The van der Waals surface area contributed by atoms with Crippen LogP contribution >= 0.6 is 0 Å². The zero-order chi connectivity index (χ0) is 18.8. The Balaban J connectivity index is 1.80. The molecule has 2 aromatic rings. The van der Waals surface area contributed by atoms with Gasteiger partial charge in [0.2, 0.25) is 0 Å². The van der Waals surface area contributed by atoms with Gasteiger partial charge in [-0.25, -0.2) is 14.6 Å². The van der Waals surface area contributed by atoms with Gasteiger partial charge in [0.25, 0.3) is 5.91 Å². The van der Waals surface area contributed by atoms with Crippen molar-refractivity contribution in [1.29, 1.82) is 0 Å². The number of hydrogen-bond donors (Lipinski definition) is 1. The number of anilines is 1. The molecule has 1 aromatic heterocycles. The fourth-order valence-electron chi connectivity index (χ4n) is 1.97. The standard InChI is InChI=1S/C19H20N2O5/c1-2-3-12-25-18(23)14-7-9-15(10-8-14)21-17(22)13-26-19(24)16-6-4-5-11-20-16/h4-11H,2-3,12-13H2,1H3,(H,21,22). The van der Waals surface area contributed by atoms with Crippen LogP contribution in [0.3, 0.4) is 0 Å². The van der Waals surface area contributed by atoms with E-state index in [-0.39, 0.29) is 5.69 Å². The summed E-state index contributed by atoms with van der Waals surface area (Å²) in [6.45, 7) is 1.96. The molecule has 26 heavy (non-hydrogen) atoms. The van der Waals surface area contributed by atoms with Crippen molar-refractivity contribution in [3.63, 3.8) is 0 Å². The van der Waals surface area contributed by atoms with E-state index in [0.717, 1.165) is 12.8 Å². The summed E-state index contributed by atoms with van der Waals surface area (Å²) >= 11 is 0. The highest BCUT2D eigenvalue weighted by atomic mass is 16.5. The number of hydrogen-bond acceptors (Lipinski definition) is 6. The van der Waals surface area contributed by atoms with Gasteiger partial charge in [-0.05, 0) is 42.8 Å². The first kappa shape index (κ1) is 19.1. The quantitative estimate of drug-likeness (QED) is 0.577. The zero-order valence-electron chi connectivity index (χ0n) is 14.4. The molecule has 1 N–H and O–H groups in total. The number of nitrogens with zero attached hydrogens (tertiary/aromatic N) is 1. The molecule has 136 valence electrons. The monoisotopic (exact) mass is 356 g/mol. The topological polar surface area (TPSA) is 94.6 Å². The number of unbranched alkanes of at least 4 members (excludes halogenated alkanes) is 1. The predicted molar refractivity (Wildman–Crippen MR) is 94.8 cm³/mol. The van der Waals surface area contributed by atoms with Crippen molar-refractivity contribution >= 4 is 23.5 Å². The third-order valence-electron chi connectivity index (χ3n) is 3.34. The number of carbonyl (C=O) groups is 3. The molecule has 0 bridgehead atoms. The maximum absolute atomic E-state index is 11.8. The van der Waals surface area contributed by atoms with E-state index in [0.29, 0.717) is 17.9 Å². The van der Waals surface area contributed by atoms with Crippen molar-refractivity contribution in [2.24, 2.45) is 0 Å². The Kier molecular flexibility index (Phi) is 7.30. The van der Waals surface area contributed by atoms with Crippen LogP contribution in [-0.4, -0.2) is 36.0 Å². The number of pyridine rings is 1. The number of esters is 2. The van der Waals surface area contributed by atoms with Gasteiger partial charge < -0.3 is 14.8 Å². The van der Waals surface area contributed by atoms with Gasteiger partial charge in [0, 0.05) is 11.9 Å². The lowest BCUT2D eigenvalue weighted by Crippen LogP contribution is -2.21. The van der Waals surface area contributed by atoms with E-state index >= 15 is 0 Å². The molecule has 0 aliphatic heterocycles. The Morgan fingerprint density at radius 3 is 2.42 bits per heavy atom. The van der Waals surface area contributed by atoms with Gasteiger partial charge in [-0.3, -0.25) is 4.79 Å². The zero-order valence-corrected chi connectivity index (χ0v) is 14.4. The molecule has 1 amide bonds. The Morgan fingerprint density at radius 2 is 1.77 bits per heavy atom. The van der Waals surface area contributed by atoms with Gasteiger partial charge in [0.1, 0.15) is 5.69 Å². The van der Waals surface area contributed by atoms with Gasteiger partial charge >= 0.3 is 11.9 Å². The minimum Gasteiger partial charge on any atom is -0.462 e. The summed E-state index contributed by atoms with van der Waals surface area (Å²) in [5, 5.41) is 2.58. The van der Waals surface area contributed by atoms with Gasteiger partial charge in [-0.1, -0.05) is 19.4 Å². The van der Waals surface area contributed by atoms with Gasteiger partial charge in [-0.15, -0.1) is 0 Å². The minimum absolute atomic E-state index is 0.131. The van der Waals surface area contributed by atoms with Crippen LogP contribution in [0, 0.1) is 0 Å². The van der Waals surface area contributed by atoms with Crippen LogP contribution in [0.15, 0.2) is 48.7 Å². The molecule has 0 spiro atoms. The molecule has 7 heteroatoms. The van der Waals surface area contributed by atoms with Crippen molar-refractivity contribution in [1.82, 2.24) is 4.98 Å². The number of ether oxygens (including phenoxy) is 2. The molecule has 0 atom stereocenters. The van der Waals surface area contributed by atoms with Crippen molar-refractivity contribution < 1.29 is 23.9 Å². The molecule has 0 fully saturated rings. The van der Waals surface area contributed by atoms with Crippen LogP contribution in [0.1, 0.15) is 40.6 Å². The molecule has 0 saturated carbocycles. The van der Waals surface area contributed by atoms with E-state index in [4.69, 9.17) is 9.47 Å². The van der Waals surface area contributed by atoms with Crippen molar-refractivity contribution in [2.45, 2.75) is 19.8 Å². The largest absolute Gasteiger partial charge is 0.462 e. The fourth-order valence-corrected chi connectivity index (χ4v) is 1.97. The lowest BCUT2D eigenvalue weighted by Gasteiger charge is -2.07. The van der Waals surface area contributed by atoms with Gasteiger partial charge in [-0.2, -0.15) is 0 Å². The molecule has 0 aliphatic carbocycles. The molecule has 1 heterocycles. The van der Waals surface area contributed by atoms with E-state index < -0.39 is 24.5 Å². The smallest absolute Gasteiger partial charge is 0.357 e. The maximum atomic E-state index is 11.8. The molecular formula is C19H20N2O5. The summed E-state index contributed by atoms with van der Waals surface area (Å²) < 4.78 is 10.00. The first-order valence-electron chi connectivity index (χ1n) is 8.25. The summed E-state index contributed by atoms with van der Waals surface area (Å²) in [4.78, 5) is 39.2. The fraction of sp³-hybridized carbons (Fsp3) is 0.263. The SMILES string of the molecule is CCCCOC(=O)c1ccc(NC(=O)COC(=O)c2ccccn2)cc1. The minimum atomic E-state index is -0.675. The normalized spacial score (nSPS) is 10.0. The second-order valence-electron chi connectivity index (χ2n) is 5.41. The van der Waals surface area contributed by atoms with Crippen molar-refractivity contribution in [3.8, 4) is 0 Å². The number of amides is 1. The summed E-state index contributed by atoms with van der Waals surface area (Å²) in [7, 11) is 0. The average Bonchev–Trinajstić information content (AvgIpc) is 2.67. The Morgan fingerprint density at radius 1 is 1.00 bits per heavy atom. The van der Waals surface area contributed by atoms with Gasteiger partial charge in [0.15, 0.2) is 6.61 Å². The highest BCUT2D eigenvalue weighted by Gasteiger charge is 2.12. The molecule has 0 aliphatic rings. The number of benzene rings is 1. The number of rotatable bonds is 8. The Labute approximate surface area is 151 Å². The van der Waals surface area contributed by atoms with E-state index in [9.17, 15) is 14.4 Å². The van der Waals surface area contributed by atoms with E-state index in [2.05, 4.69) is 10.3 Å². The summed E-state index contributed by atoms with van der Waals surface area (Å²) in [6, 6.07) is 11.1. The van der Waals surface area contributed by atoms with E-state index in [1.165, 1.54) is 12.3 Å². The van der Waals surface area contributed by atoms with E-state index in [1.807, 2.05) is 6.92 Å². The number of carbonyl (C=O) groups excluding carboxylic acids is 3. The molecule has 0 saturated heterocycles. The lowest BCUT2D eigenvalue weighted by molar-refractivity contribution is -0.119. The molecule has 2 rings (SSSR count). The third-order valence-corrected chi connectivity index (χ3v) is 3.34. The van der Waals surface area contributed by atoms with Crippen LogP contribution in [0.5, 0.6) is 0 Å². The maximum Gasteiger partial charge on any atom is 0.357 e. The van der Waals surface area contributed by atoms with Gasteiger partial charge in [0.05, 0.1) is 12.2 Å². The lowest BCUT2D eigenvalue weighted by atomic mass is 10.2.